The van der Waals surface area contributed by atoms with Gasteiger partial charge < -0.3 is 5.11 Å². The van der Waals surface area contributed by atoms with Crippen molar-refractivity contribution in [2.45, 2.75) is 19.8 Å². The molecule has 0 saturated heterocycles. The zero-order chi connectivity index (χ0) is 13.9. The van der Waals surface area contributed by atoms with Gasteiger partial charge in [-0.2, -0.15) is 0 Å². The number of rotatable bonds is 4. The summed E-state index contributed by atoms with van der Waals surface area (Å²) in [4.78, 5) is 9.10. The van der Waals surface area contributed by atoms with Gasteiger partial charge in [0, 0.05) is 24.9 Å². The Balaban J connectivity index is 2.20. The standard InChI is InChI=1S/C16H17N3O/c1-12-5-2-6-13(11-12)19-15(8-4-10-20)18-14-7-3-9-17-16(14)19/h2-3,5-7,9,11,20H,4,8,10H2,1H3. The van der Waals surface area contributed by atoms with Crippen LogP contribution in [0.1, 0.15) is 17.8 Å². The average Bonchev–Trinajstić information content (AvgIpc) is 2.83. The van der Waals surface area contributed by atoms with E-state index >= 15 is 0 Å². The van der Waals surface area contributed by atoms with E-state index in [1.54, 1.807) is 6.20 Å². The van der Waals surface area contributed by atoms with E-state index in [2.05, 4.69) is 39.7 Å². The number of nitrogens with zero attached hydrogens (tertiary/aromatic N) is 3. The summed E-state index contributed by atoms with van der Waals surface area (Å²) in [5.74, 6) is 0.943. The quantitative estimate of drug-likeness (QED) is 0.790. The number of aliphatic hydroxyl groups excluding tert-OH is 1. The third-order valence-electron chi connectivity index (χ3n) is 3.30. The fraction of sp³-hybridized carbons (Fsp3) is 0.250. The van der Waals surface area contributed by atoms with E-state index in [1.165, 1.54) is 5.56 Å². The van der Waals surface area contributed by atoms with Crippen LogP contribution in [0.25, 0.3) is 16.9 Å². The molecule has 2 heterocycles. The van der Waals surface area contributed by atoms with Gasteiger partial charge in [-0.3, -0.25) is 4.57 Å². The molecule has 0 fully saturated rings. The van der Waals surface area contributed by atoms with E-state index in [1.807, 2.05) is 18.2 Å². The lowest BCUT2D eigenvalue weighted by Gasteiger charge is -2.09. The SMILES string of the molecule is Cc1cccc(-n2c(CCCO)nc3cccnc32)c1. The van der Waals surface area contributed by atoms with E-state index in [9.17, 15) is 0 Å². The summed E-state index contributed by atoms with van der Waals surface area (Å²) in [7, 11) is 0. The molecule has 1 N–H and O–H groups in total. The number of benzene rings is 1. The minimum Gasteiger partial charge on any atom is -0.396 e. The van der Waals surface area contributed by atoms with Crippen molar-refractivity contribution in [3.05, 3.63) is 54.0 Å². The van der Waals surface area contributed by atoms with Crippen LogP contribution in [0.3, 0.4) is 0 Å². The van der Waals surface area contributed by atoms with Crippen LogP contribution in [0, 0.1) is 6.92 Å². The van der Waals surface area contributed by atoms with Gasteiger partial charge in [-0.25, -0.2) is 9.97 Å². The van der Waals surface area contributed by atoms with Crippen LogP contribution in [-0.2, 0) is 6.42 Å². The zero-order valence-electron chi connectivity index (χ0n) is 11.5. The summed E-state index contributed by atoms with van der Waals surface area (Å²) in [6.07, 6.45) is 3.22. The molecule has 0 aliphatic rings. The van der Waals surface area contributed by atoms with Gasteiger partial charge in [-0.1, -0.05) is 12.1 Å². The molecular formula is C16H17N3O. The summed E-state index contributed by atoms with van der Waals surface area (Å²) in [5.41, 5.74) is 4.03. The van der Waals surface area contributed by atoms with Gasteiger partial charge in [0.15, 0.2) is 5.65 Å². The van der Waals surface area contributed by atoms with Crippen LogP contribution in [-0.4, -0.2) is 26.2 Å². The second-order valence-electron chi connectivity index (χ2n) is 4.88. The first-order valence-electron chi connectivity index (χ1n) is 6.80. The molecule has 0 unspecified atom stereocenters. The van der Waals surface area contributed by atoms with Crippen molar-refractivity contribution >= 4 is 11.2 Å². The number of aromatic nitrogens is 3. The average molecular weight is 267 g/mol. The van der Waals surface area contributed by atoms with Gasteiger partial charge in [-0.05, 0) is 43.2 Å². The smallest absolute Gasteiger partial charge is 0.164 e. The molecule has 3 rings (SSSR count). The Morgan fingerprint density at radius 3 is 2.90 bits per heavy atom. The van der Waals surface area contributed by atoms with Crippen molar-refractivity contribution in [2.24, 2.45) is 0 Å². The Bertz CT molecular complexity index is 733. The molecule has 0 atom stereocenters. The Morgan fingerprint density at radius 2 is 2.10 bits per heavy atom. The lowest BCUT2D eigenvalue weighted by molar-refractivity contribution is 0.287. The van der Waals surface area contributed by atoms with Crippen LogP contribution < -0.4 is 0 Å². The summed E-state index contributed by atoms with van der Waals surface area (Å²) < 4.78 is 2.08. The number of pyridine rings is 1. The van der Waals surface area contributed by atoms with Crippen LogP contribution in [0.2, 0.25) is 0 Å². The fourth-order valence-electron chi connectivity index (χ4n) is 2.40. The van der Waals surface area contributed by atoms with Crippen molar-refractivity contribution in [3.63, 3.8) is 0 Å². The van der Waals surface area contributed by atoms with Gasteiger partial charge in [-0.15, -0.1) is 0 Å². The molecular weight excluding hydrogens is 250 g/mol. The minimum atomic E-state index is 0.171. The van der Waals surface area contributed by atoms with Crippen molar-refractivity contribution < 1.29 is 5.11 Å². The Kier molecular flexibility index (Phi) is 3.48. The van der Waals surface area contributed by atoms with Crippen molar-refractivity contribution in [1.29, 1.82) is 0 Å². The first kappa shape index (κ1) is 12.8. The zero-order valence-corrected chi connectivity index (χ0v) is 11.5. The molecule has 2 aromatic heterocycles. The molecule has 3 aromatic rings. The number of aryl methyl sites for hydroxylation is 2. The maximum Gasteiger partial charge on any atom is 0.164 e. The molecule has 0 aliphatic carbocycles. The molecule has 20 heavy (non-hydrogen) atoms. The monoisotopic (exact) mass is 267 g/mol. The lowest BCUT2D eigenvalue weighted by atomic mass is 10.2. The number of imidazole rings is 1. The highest BCUT2D eigenvalue weighted by atomic mass is 16.2. The summed E-state index contributed by atoms with van der Waals surface area (Å²) in [6.45, 7) is 2.24. The first-order chi connectivity index (χ1) is 9.79. The maximum absolute atomic E-state index is 9.06. The maximum atomic E-state index is 9.06. The fourth-order valence-corrected chi connectivity index (χ4v) is 2.40. The highest BCUT2D eigenvalue weighted by Crippen LogP contribution is 2.21. The van der Waals surface area contributed by atoms with Gasteiger partial charge in [0.2, 0.25) is 0 Å². The third-order valence-corrected chi connectivity index (χ3v) is 3.30. The van der Waals surface area contributed by atoms with Crippen LogP contribution >= 0.6 is 0 Å². The molecule has 0 spiro atoms. The van der Waals surface area contributed by atoms with Crippen molar-refractivity contribution in [2.75, 3.05) is 6.61 Å². The second kappa shape index (κ2) is 5.43. The van der Waals surface area contributed by atoms with Crippen LogP contribution in [0.5, 0.6) is 0 Å². The Hall–Kier alpha value is -2.20. The van der Waals surface area contributed by atoms with Gasteiger partial charge >= 0.3 is 0 Å². The van der Waals surface area contributed by atoms with E-state index in [0.717, 1.165) is 29.1 Å². The van der Waals surface area contributed by atoms with Crippen LogP contribution in [0.4, 0.5) is 0 Å². The molecule has 0 bridgehead atoms. The number of hydrogen-bond donors (Lipinski definition) is 1. The highest BCUT2D eigenvalue weighted by Gasteiger charge is 2.12. The van der Waals surface area contributed by atoms with E-state index < -0.39 is 0 Å². The Morgan fingerprint density at radius 1 is 1.20 bits per heavy atom. The predicted molar refractivity (Wildman–Crippen MR) is 79.0 cm³/mol. The molecule has 0 amide bonds. The topological polar surface area (TPSA) is 50.9 Å². The number of fused-ring (bicyclic) bond motifs is 1. The molecule has 0 radical (unpaired) electrons. The molecule has 4 nitrogen and oxygen atoms in total. The summed E-state index contributed by atoms with van der Waals surface area (Å²) in [5, 5.41) is 9.06. The number of hydrogen-bond acceptors (Lipinski definition) is 3. The summed E-state index contributed by atoms with van der Waals surface area (Å²) >= 11 is 0. The van der Waals surface area contributed by atoms with E-state index in [-0.39, 0.29) is 6.61 Å². The van der Waals surface area contributed by atoms with Gasteiger partial charge in [0.25, 0.3) is 0 Å². The molecule has 0 aliphatic heterocycles. The summed E-state index contributed by atoms with van der Waals surface area (Å²) in [6, 6.07) is 12.2. The van der Waals surface area contributed by atoms with Gasteiger partial charge in [0.05, 0.1) is 0 Å². The third kappa shape index (κ3) is 2.30. The largest absolute Gasteiger partial charge is 0.396 e. The van der Waals surface area contributed by atoms with E-state index in [4.69, 9.17) is 5.11 Å². The van der Waals surface area contributed by atoms with Gasteiger partial charge in [0.1, 0.15) is 11.3 Å². The van der Waals surface area contributed by atoms with Crippen molar-refractivity contribution in [1.82, 2.24) is 14.5 Å². The Labute approximate surface area is 117 Å². The number of aliphatic hydroxyl groups is 1. The minimum absolute atomic E-state index is 0.171. The predicted octanol–water partition coefficient (Wildman–Crippen LogP) is 2.65. The molecule has 0 saturated carbocycles. The van der Waals surface area contributed by atoms with E-state index in [0.29, 0.717) is 6.42 Å². The molecule has 1 aromatic carbocycles. The second-order valence-corrected chi connectivity index (χ2v) is 4.88. The van der Waals surface area contributed by atoms with Crippen molar-refractivity contribution in [3.8, 4) is 5.69 Å². The first-order valence-corrected chi connectivity index (χ1v) is 6.80. The lowest BCUT2D eigenvalue weighted by Crippen LogP contribution is -2.03. The normalized spacial score (nSPS) is 11.1. The molecule has 4 heteroatoms. The van der Waals surface area contributed by atoms with Crippen LogP contribution in [0.15, 0.2) is 42.6 Å². The highest BCUT2D eigenvalue weighted by molar-refractivity contribution is 5.73. The molecule has 102 valence electrons.